The number of carbonyl (C=O) groups is 1. The number of piperazine rings is 1. The molecule has 0 radical (unpaired) electrons. The topological polar surface area (TPSA) is 51.2 Å². The predicted molar refractivity (Wildman–Crippen MR) is 105 cm³/mol. The van der Waals surface area contributed by atoms with E-state index in [9.17, 15) is 9.18 Å². The number of halogens is 2. The van der Waals surface area contributed by atoms with Crippen LogP contribution in [-0.4, -0.2) is 59.9 Å². The van der Waals surface area contributed by atoms with E-state index in [0.717, 1.165) is 18.4 Å². The molecule has 1 aromatic carbocycles. The highest BCUT2D eigenvalue weighted by molar-refractivity contribution is 9.10. The summed E-state index contributed by atoms with van der Waals surface area (Å²) >= 11 is 3.31. The van der Waals surface area contributed by atoms with Crippen LogP contribution in [-0.2, 0) is 11.3 Å². The Hall–Kier alpha value is -1.54. The van der Waals surface area contributed by atoms with E-state index in [0.29, 0.717) is 43.0 Å². The molecular weight excluding hydrogens is 431 g/mol. The lowest BCUT2D eigenvalue weighted by molar-refractivity contribution is -0.00164. The average Bonchev–Trinajstić information content (AvgIpc) is 3.43. The van der Waals surface area contributed by atoms with Gasteiger partial charge >= 0.3 is 6.09 Å². The molecule has 28 heavy (non-hydrogen) atoms. The van der Waals surface area contributed by atoms with Gasteiger partial charge in [0.05, 0.1) is 16.6 Å². The van der Waals surface area contributed by atoms with Crippen molar-refractivity contribution in [3.05, 3.63) is 21.9 Å². The molecule has 1 amide bonds. The van der Waals surface area contributed by atoms with E-state index in [4.69, 9.17) is 14.2 Å². The van der Waals surface area contributed by atoms with E-state index in [1.165, 1.54) is 0 Å². The molecule has 0 N–H and O–H groups in total. The van der Waals surface area contributed by atoms with Gasteiger partial charge in [-0.3, -0.25) is 4.90 Å². The van der Waals surface area contributed by atoms with Crippen molar-refractivity contribution in [2.75, 3.05) is 26.2 Å². The lowest BCUT2D eigenvalue weighted by Crippen LogP contribution is -2.56. The van der Waals surface area contributed by atoms with Gasteiger partial charge < -0.3 is 19.1 Å². The third-order valence-electron chi connectivity index (χ3n) is 5.07. The van der Waals surface area contributed by atoms with Crippen LogP contribution >= 0.6 is 15.9 Å². The summed E-state index contributed by atoms with van der Waals surface area (Å²) in [5, 5.41) is 0. The molecule has 1 aliphatic carbocycles. The lowest BCUT2D eigenvalue weighted by Gasteiger charge is -2.40. The van der Waals surface area contributed by atoms with E-state index in [1.807, 2.05) is 26.8 Å². The van der Waals surface area contributed by atoms with Crippen molar-refractivity contribution >= 4 is 22.0 Å². The van der Waals surface area contributed by atoms with Gasteiger partial charge in [-0.05, 0) is 55.6 Å². The van der Waals surface area contributed by atoms with Crippen molar-refractivity contribution in [1.82, 2.24) is 9.80 Å². The molecule has 4 rings (SSSR count). The van der Waals surface area contributed by atoms with Crippen molar-refractivity contribution < 1.29 is 23.4 Å². The van der Waals surface area contributed by atoms with Crippen LogP contribution in [0, 0.1) is 5.82 Å². The first-order chi connectivity index (χ1) is 13.2. The van der Waals surface area contributed by atoms with Crippen molar-refractivity contribution in [2.24, 2.45) is 0 Å². The summed E-state index contributed by atoms with van der Waals surface area (Å²) in [6.07, 6.45) is 1.89. The maximum atomic E-state index is 14.9. The molecule has 0 spiro atoms. The monoisotopic (exact) mass is 456 g/mol. The second kappa shape index (κ2) is 7.37. The molecule has 1 atom stereocenters. The third-order valence-corrected chi connectivity index (χ3v) is 5.81. The summed E-state index contributed by atoms with van der Waals surface area (Å²) in [4.78, 5) is 16.4. The van der Waals surface area contributed by atoms with Crippen molar-refractivity contribution in [3.8, 4) is 11.5 Å². The zero-order chi connectivity index (χ0) is 20.1. The van der Waals surface area contributed by atoms with Gasteiger partial charge in [-0.2, -0.15) is 0 Å². The van der Waals surface area contributed by atoms with Crippen LogP contribution in [0.2, 0.25) is 0 Å². The van der Waals surface area contributed by atoms with Crippen LogP contribution in [0.3, 0.4) is 0 Å². The quantitative estimate of drug-likeness (QED) is 0.674. The van der Waals surface area contributed by atoms with Gasteiger partial charge in [0.25, 0.3) is 0 Å². The van der Waals surface area contributed by atoms with Gasteiger partial charge in [0.1, 0.15) is 18.0 Å². The van der Waals surface area contributed by atoms with Crippen molar-refractivity contribution in [1.29, 1.82) is 0 Å². The van der Waals surface area contributed by atoms with Gasteiger partial charge in [0.2, 0.25) is 0 Å². The summed E-state index contributed by atoms with van der Waals surface area (Å²) in [5.74, 6) is 0.387. The van der Waals surface area contributed by atoms with Crippen LogP contribution in [0.15, 0.2) is 10.5 Å². The van der Waals surface area contributed by atoms with Crippen LogP contribution in [0.4, 0.5) is 9.18 Å². The normalized spacial score (nSPS) is 22.6. The molecule has 2 aliphatic heterocycles. The van der Waals surface area contributed by atoms with Gasteiger partial charge in [-0.1, -0.05) is 0 Å². The molecule has 8 heteroatoms. The first-order valence-electron chi connectivity index (χ1n) is 9.73. The van der Waals surface area contributed by atoms with Crippen LogP contribution in [0.25, 0.3) is 0 Å². The lowest BCUT2D eigenvalue weighted by atomic mass is 10.1. The van der Waals surface area contributed by atoms with E-state index in [-0.39, 0.29) is 24.0 Å². The Morgan fingerprint density at radius 1 is 1.32 bits per heavy atom. The highest BCUT2D eigenvalue weighted by Gasteiger charge is 2.36. The first-order valence-corrected chi connectivity index (χ1v) is 10.5. The SMILES string of the molecule is CC(C)(C)OC(=O)N1CCN2Cc3cc(OC4CC4)c(Br)c(F)c3OC[C@H]2C1. The molecule has 2 heterocycles. The summed E-state index contributed by atoms with van der Waals surface area (Å²) in [6, 6.07) is 1.86. The summed E-state index contributed by atoms with van der Waals surface area (Å²) in [5.41, 5.74) is 0.252. The zero-order valence-electron chi connectivity index (χ0n) is 16.5. The molecule has 0 aromatic heterocycles. The van der Waals surface area contributed by atoms with Gasteiger partial charge in [0, 0.05) is 31.7 Å². The smallest absolute Gasteiger partial charge is 0.410 e. The highest BCUT2D eigenvalue weighted by atomic mass is 79.9. The third kappa shape index (κ3) is 4.22. The zero-order valence-corrected chi connectivity index (χ0v) is 18.1. The Kier molecular flexibility index (Phi) is 5.20. The number of rotatable bonds is 2. The Bertz CT molecular complexity index is 778. The minimum atomic E-state index is -0.530. The number of carbonyl (C=O) groups excluding carboxylic acids is 1. The number of fused-ring (bicyclic) bond motifs is 2. The minimum absolute atomic E-state index is 0.0142. The van der Waals surface area contributed by atoms with Crippen LogP contribution in [0.1, 0.15) is 39.2 Å². The molecule has 3 aliphatic rings. The van der Waals surface area contributed by atoms with E-state index < -0.39 is 11.4 Å². The van der Waals surface area contributed by atoms with E-state index in [2.05, 4.69) is 20.8 Å². The number of nitrogens with zero attached hydrogens (tertiary/aromatic N) is 2. The molecule has 2 fully saturated rings. The van der Waals surface area contributed by atoms with Gasteiger partial charge in [-0.25, -0.2) is 9.18 Å². The molecule has 154 valence electrons. The number of ether oxygens (including phenoxy) is 3. The standard InChI is InChI=1S/C20H26BrFN2O4/c1-20(2,3)28-19(25)24-7-6-23-9-12-8-15(27-14-4-5-14)16(21)17(22)18(12)26-11-13(23)10-24/h8,13-14H,4-7,9-11H2,1-3H3/t13-/m1/s1. The summed E-state index contributed by atoms with van der Waals surface area (Å²) in [6.45, 7) is 8.20. The fraction of sp³-hybridized carbons (Fsp3) is 0.650. The maximum absolute atomic E-state index is 14.9. The Morgan fingerprint density at radius 2 is 2.07 bits per heavy atom. The number of hydrogen-bond donors (Lipinski definition) is 0. The highest BCUT2D eigenvalue weighted by Crippen LogP contribution is 2.41. The Balaban J connectivity index is 1.50. The Labute approximate surface area is 173 Å². The van der Waals surface area contributed by atoms with Gasteiger partial charge in [-0.15, -0.1) is 0 Å². The fourth-order valence-electron chi connectivity index (χ4n) is 3.51. The second-order valence-electron chi connectivity index (χ2n) is 8.67. The second-order valence-corrected chi connectivity index (χ2v) is 9.46. The molecule has 0 bridgehead atoms. The van der Waals surface area contributed by atoms with Crippen LogP contribution in [0.5, 0.6) is 11.5 Å². The Morgan fingerprint density at radius 3 is 2.75 bits per heavy atom. The number of hydrogen-bond acceptors (Lipinski definition) is 5. The van der Waals surface area contributed by atoms with Crippen LogP contribution < -0.4 is 9.47 Å². The average molecular weight is 457 g/mol. The summed E-state index contributed by atoms with van der Waals surface area (Å²) in [7, 11) is 0. The molecule has 0 unspecified atom stereocenters. The predicted octanol–water partition coefficient (Wildman–Crippen LogP) is 3.94. The van der Waals surface area contributed by atoms with Gasteiger partial charge in [0.15, 0.2) is 11.6 Å². The molecule has 1 saturated heterocycles. The number of amides is 1. The van der Waals surface area contributed by atoms with Crippen molar-refractivity contribution in [3.63, 3.8) is 0 Å². The maximum Gasteiger partial charge on any atom is 0.410 e. The largest absolute Gasteiger partial charge is 0.489 e. The van der Waals surface area contributed by atoms with E-state index in [1.54, 1.807) is 4.90 Å². The number of benzene rings is 1. The molecular formula is C20H26BrFN2O4. The fourth-order valence-corrected chi connectivity index (χ4v) is 3.90. The minimum Gasteiger partial charge on any atom is -0.489 e. The summed E-state index contributed by atoms with van der Waals surface area (Å²) < 4.78 is 32.4. The van der Waals surface area contributed by atoms with Crippen molar-refractivity contribution in [2.45, 2.75) is 57.9 Å². The first kappa shape index (κ1) is 19.8. The molecule has 6 nitrogen and oxygen atoms in total. The molecule has 1 aromatic rings. The molecule has 1 saturated carbocycles. The van der Waals surface area contributed by atoms with E-state index >= 15 is 0 Å².